The van der Waals surface area contributed by atoms with Gasteiger partial charge in [0.2, 0.25) is 0 Å². The van der Waals surface area contributed by atoms with Gasteiger partial charge in [-0.3, -0.25) is 0 Å². The molecule has 2 saturated carbocycles. The Bertz CT molecular complexity index is 1020. The molecule has 3 heteroatoms. The molecular weight excluding hydrogens is 480 g/mol. The van der Waals surface area contributed by atoms with Gasteiger partial charge in [0.15, 0.2) is 0 Å². The van der Waals surface area contributed by atoms with Gasteiger partial charge in [0.1, 0.15) is 12.4 Å². The number of aliphatic hydroxyl groups excluding tert-OH is 2. The second-order valence-corrected chi connectivity index (χ2v) is 13.2. The summed E-state index contributed by atoms with van der Waals surface area (Å²) in [5.74, 6) is 3.52. The van der Waals surface area contributed by atoms with Crippen LogP contribution in [0.25, 0.3) is 0 Å². The molecule has 0 aliphatic heterocycles. The minimum Gasteiger partial charge on any atom is -0.489 e. The summed E-state index contributed by atoms with van der Waals surface area (Å²) < 4.78 is 6.15. The fourth-order valence-corrected chi connectivity index (χ4v) is 8.57. The normalized spacial score (nSPS) is 29.5. The summed E-state index contributed by atoms with van der Waals surface area (Å²) in [6.45, 7) is 3.38. The zero-order valence-corrected chi connectivity index (χ0v) is 24.3. The first-order valence-electron chi connectivity index (χ1n) is 16.2. The number of aliphatic hydroxyl groups is 2. The van der Waals surface area contributed by atoms with E-state index in [0.29, 0.717) is 31.0 Å². The monoisotopic (exact) mass is 532 g/mol. The van der Waals surface area contributed by atoms with Crippen LogP contribution in [-0.4, -0.2) is 22.9 Å². The van der Waals surface area contributed by atoms with Crippen LogP contribution in [0.2, 0.25) is 0 Å². The maximum atomic E-state index is 11.5. The highest BCUT2D eigenvalue weighted by Gasteiger charge is 2.57. The molecule has 2 fully saturated rings. The topological polar surface area (TPSA) is 49.7 Å². The molecule has 214 valence electrons. The van der Waals surface area contributed by atoms with Gasteiger partial charge in [0.25, 0.3) is 0 Å². The van der Waals surface area contributed by atoms with E-state index in [9.17, 15) is 5.11 Å². The number of hydrogen-bond acceptors (Lipinski definition) is 3. The highest BCUT2D eigenvalue weighted by atomic mass is 16.5. The van der Waals surface area contributed by atoms with Crippen molar-refractivity contribution in [2.75, 3.05) is 6.61 Å². The minimum atomic E-state index is -0.120. The highest BCUT2D eigenvalue weighted by Crippen LogP contribution is 2.62. The molecule has 2 unspecified atom stereocenters. The largest absolute Gasteiger partial charge is 0.489 e. The Morgan fingerprint density at radius 1 is 0.872 bits per heavy atom. The third-order valence-corrected chi connectivity index (χ3v) is 10.8. The average Bonchev–Trinajstić information content (AvgIpc) is 3.23. The molecule has 5 rings (SSSR count). The lowest BCUT2D eigenvalue weighted by Gasteiger charge is -2.50. The van der Waals surface area contributed by atoms with Crippen LogP contribution < -0.4 is 4.74 Å². The van der Waals surface area contributed by atoms with Crippen molar-refractivity contribution in [2.45, 2.75) is 122 Å². The first kappa shape index (κ1) is 28.7. The molecule has 0 heterocycles. The number of ether oxygens (including phenoxy) is 1. The van der Waals surface area contributed by atoms with E-state index in [0.717, 1.165) is 24.5 Å². The van der Waals surface area contributed by atoms with E-state index >= 15 is 0 Å². The van der Waals surface area contributed by atoms with Gasteiger partial charge in [-0.25, -0.2) is 0 Å². The lowest BCUT2D eigenvalue weighted by Crippen LogP contribution is -2.44. The van der Waals surface area contributed by atoms with Crippen LogP contribution in [0.1, 0.15) is 119 Å². The predicted molar refractivity (Wildman–Crippen MR) is 160 cm³/mol. The quantitative estimate of drug-likeness (QED) is 0.240. The molecule has 2 aromatic carbocycles. The smallest absolute Gasteiger partial charge is 0.120 e. The molecular formula is C36H52O3. The summed E-state index contributed by atoms with van der Waals surface area (Å²) in [7, 11) is 0. The fourth-order valence-electron chi connectivity index (χ4n) is 8.57. The van der Waals surface area contributed by atoms with E-state index in [4.69, 9.17) is 9.84 Å². The molecule has 6 atom stereocenters. The van der Waals surface area contributed by atoms with Crippen molar-refractivity contribution in [1.82, 2.24) is 0 Å². The van der Waals surface area contributed by atoms with Crippen molar-refractivity contribution in [3.8, 4) is 5.75 Å². The van der Waals surface area contributed by atoms with E-state index in [1.165, 1.54) is 94.6 Å². The van der Waals surface area contributed by atoms with Crippen molar-refractivity contribution >= 4 is 0 Å². The van der Waals surface area contributed by atoms with E-state index in [-0.39, 0.29) is 11.5 Å². The van der Waals surface area contributed by atoms with Crippen LogP contribution in [0.15, 0.2) is 48.5 Å². The maximum Gasteiger partial charge on any atom is 0.120 e. The zero-order valence-electron chi connectivity index (χ0n) is 24.3. The van der Waals surface area contributed by atoms with Crippen molar-refractivity contribution in [3.63, 3.8) is 0 Å². The van der Waals surface area contributed by atoms with Crippen LogP contribution in [-0.2, 0) is 13.0 Å². The van der Waals surface area contributed by atoms with E-state index in [1.54, 1.807) is 5.56 Å². The number of rotatable bonds is 14. The lowest BCUT2D eigenvalue weighted by molar-refractivity contribution is -0.0335. The summed E-state index contributed by atoms with van der Waals surface area (Å²) in [6.07, 6.45) is 18.4. The molecule has 0 radical (unpaired) electrons. The van der Waals surface area contributed by atoms with Crippen molar-refractivity contribution < 1.29 is 14.9 Å². The molecule has 2 aromatic rings. The molecule has 3 aliphatic carbocycles. The van der Waals surface area contributed by atoms with Crippen LogP contribution in [0, 0.1) is 23.2 Å². The summed E-state index contributed by atoms with van der Waals surface area (Å²) in [5, 5.41) is 20.4. The molecule has 0 bridgehead atoms. The Labute approximate surface area is 237 Å². The molecule has 39 heavy (non-hydrogen) atoms. The Morgan fingerprint density at radius 2 is 1.59 bits per heavy atom. The van der Waals surface area contributed by atoms with Crippen molar-refractivity contribution in [3.05, 3.63) is 65.2 Å². The van der Waals surface area contributed by atoms with E-state index in [1.807, 2.05) is 6.07 Å². The molecule has 0 aromatic heterocycles. The van der Waals surface area contributed by atoms with Gasteiger partial charge in [-0.2, -0.15) is 0 Å². The molecule has 3 nitrogen and oxygen atoms in total. The number of unbranched alkanes of at least 4 members (excludes halogenated alkanes) is 8. The third kappa shape index (κ3) is 6.73. The Kier molecular flexibility index (Phi) is 10.1. The first-order chi connectivity index (χ1) is 19.1. The van der Waals surface area contributed by atoms with Crippen molar-refractivity contribution in [1.29, 1.82) is 0 Å². The molecule has 3 aliphatic rings. The standard InChI is InChI=1S/C36H52O3/c1-36-22-21-32-31-20-18-30(39-26-27-14-10-9-11-15-27)24-28(31)17-19-33(32)34(36)25-29(35(36)38)16-12-7-5-3-2-4-6-8-13-23-37/h9-11,14-15,18,20,24,29,32-35,37-38H,2-8,12-13,16-17,19,21-23,25-26H2,1H3/t29?,32-,33-,34+,35?,36+/m1/s1. The van der Waals surface area contributed by atoms with E-state index in [2.05, 4.69) is 49.4 Å². The van der Waals surface area contributed by atoms with Crippen LogP contribution in [0.4, 0.5) is 0 Å². The number of fused-ring (bicyclic) bond motifs is 5. The lowest BCUT2D eigenvalue weighted by atomic mass is 9.55. The van der Waals surface area contributed by atoms with Crippen molar-refractivity contribution in [2.24, 2.45) is 23.2 Å². The minimum absolute atomic E-state index is 0.108. The summed E-state index contributed by atoms with van der Waals surface area (Å²) in [4.78, 5) is 0. The van der Waals surface area contributed by atoms with Gasteiger partial charge in [0, 0.05) is 6.61 Å². The average molecular weight is 533 g/mol. The summed E-state index contributed by atoms with van der Waals surface area (Å²) in [5.41, 5.74) is 4.38. The van der Waals surface area contributed by atoms with Crippen LogP contribution in [0.5, 0.6) is 5.75 Å². The summed E-state index contributed by atoms with van der Waals surface area (Å²) in [6, 6.07) is 17.3. The first-order valence-corrected chi connectivity index (χ1v) is 16.2. The molecule has 0 amide bonds. The molecule has 2 N–H and O–H groups in total. The van der Waals surface area contributed by atoms with Gasteiger partial charge >= 0.3 is 0 Å². The predicted octanol–water partition coefficient (Wildman–Crippen LogP) is 8.60. The Hall–Kier alpha value is -1.84. The van der Waals surface area contributed by atoms with E-state index < -0.39 is 0 Å². The SMILES string of the molecule is C[C@]12CC[C@@H]3c4ccc(OCc5ccccc5)cc4CC[C@H]3[C@@H]1CC(CCCCCCCCCCCO)C2O. The van der Waals surface area contributed by atoms with Gasteiger partial charge in [-0.05, 0) is 103 Å². The fraction of sp³-hybridized carbons (Fsp3) is 0.667. The van der Waals surface area contributed by atoms with Gasteiger partial charge in [-0.15, -0.1) is 0 Å². The van der Waals surface area contributed by atoms with Gasteiger partial charge < -0.3 is 14.9 Å². The maximum absolute atomic E-state index is 11.5. The second-order valence-electron chi connectivity index (χ2n) is 13.2. The third-order valence-electron chi connectivity index (χ3n) is 10.8. The van der Waals surface area contributed by atoms with Crippen LogP contribution >= 0.6 is 0 Å². The second kappa shape index (κ2) is 13.7. The number of hydrogen-bond donors (Lipinski definition) is 2. The summed E-state index contributed by atoms with van der Waals surface area (Å²) >= 11 is 0. The van der Waals surface area contributed by atoms with Crippen LogP contribution in [0.3, 0.4) is 0 Å². The molecule has 0 spiro atoms. The zero-order chi connectivity index (χ0) is 27.1. The molecule has 0 saturated heterocycles. The number of aryl methyl sites for hydroxylation is 1. The highest BCUT2D eigenvalue weighted by molar-refractivity contribution is 5.41. The Morgan fingerprint density at radius 3 is 2.33 bits per heavy atom. The Balaban J connectivity index is 1.11. The van der Waals surface area contributed by atoms with Gasteiger partial charge in [0.05, 0.1) is 6.10 Å². The number of benzene rings is 2. The van der Waals surface area contributed by atoms with Gasteiger partial charge in [-0.1, -0.05) is 94.7 Å².